The van der Waals surface area contributed by atoms with E-state index in [2.05, 4.69) is 10.2 Å². The number of nitrogens with zero attached hydrogens (tertiary/aromatic N) is 4. The normalized spacial score (nSPS) is 10.7. The second-order valence-electron chi connectivity index (χ2n) is 7.25. The molecule has 0 aliphatic carbocycles. The lowest BCUT2D eigenvalue weighted by Crippen LogP contribution is -2.32. The molecule has 162 valence electrons. The lowest BCUT2D eigenvalue weighted by molar-refractivity contribution is -0.116. The fourth-order valence-corrected chi connectivity index (χ4v) is 4.20. The van der Waals surface area contributed by atoms with Gasteiger partial charge in [0.15, 0.2) is 5.16 Å². The highest BCUT2D eigenvalue weighted by Crippen LogP contribution is 2.27. The van der Waals surface area contributed by atoms with Crippen LogP contribution < -0.4 is 9.64 Å². The Bertz CT molecular complexity index is 1190. The molecule has 1 amide bonds. The number of carbonyl (C=O) groups excluding carboxylic acids is 1. The fourth-order valence-electron chi connectivity index (χ4n) is 3.41. The third-order valence-corrected chi connectivity index (χ3v) is 5.91. The number of hydrogen-bond acceptors (Lipinski definition) is 5. The third kappa shape index (κ3) is 5.00. The summed E-state index contributed by atoms with van der Waals surface area (Å²) in [6, 6.07) is 25.7. The minimum absolute atomic E-state index is 0.000898. The highest BCUT2D eigenvalue weighted by molar-refractivity contribution is 7.99. The second kappa shape index (κ2) is 10.2. The Morgan fingerprint density at radius 2 is 1.81 bits per heavy atom. The fraction of sp³-hybridized carbons (Fsp3) is 0.160. The summed E-state index contributed by atoms with van der Waals surface area (Å²) in [4.78, 5) is 15.2. The van der Waals surface area contributed by atoms with Crippen LogP contribution in [0.5, 0.6) is 5.75 Å². The van der Waals surface area contributed by atoms with Crippen LogP contribution >= 0.6 is 11.8 Å². The number of aromatic nitrogens is 3. The first-order chi connectivity index (χ1) is 15.7. The van der Waals surface area contributed by atoms with Gasteiger partial charge in [-0.2, -0.15) is 0 Å². The van der Waals surface area contributed by atoms with Crippen LogP contribution in [0.4, 0.5) is 5.69 Å². The monoisotopic (exact) mass is 444 g/mol. The lowest BCUT2D eigenvalue weighted by atomic mass is 10.1. The number of anilines is 1. The Kier molecular flexibility index (Phi) is 6.87. The van der Waals surface area contributed by atoms with Crippen molar-refractivity contribution in [2.24, 2.45) is 0 Å². The zero-order chi connectivity index (χ0) is 22.3. The van der Waals surface area contributed by atoms with Crippen LogP contribution in [-0.2, 0) is 11.3 Å². The molecule has 3 aromatic carbocycles. The van der Waals surface area contributed by atoms with E-state index < -0.39 is 0 Å². The van der Waals surface area contributed by atoms with Gasteiger partial charge in [0.25, 0.3) is 0 Å². The standard InChI is InChI=1S/C25H24N4O2S/c1-19-9-8-12-21(15-19)28(16-20-10-4-3-5-11-20)24(30)17-32-25-27-26-18-29(25)22-13-6-7-14-23(22)31-2/h3-15,18H,16-17H2,1-2H3. The van der Waals surface area contributed by atoms with Gasteiger partial charge in [-0.15, -0.1) is 10.2 Å². The molecule has 0 saturated carbocycles. The molecular weight excluding hydrogens is 420 g/mol. The van der Waals surface area contributed by atoms with E-state index in [4.69, 9.17) is 4.74 Å². The van der Waals surface area contributed by atoms with Crippen LogP contribution in [0.2, 0.25) is 0 Å². The van der Waals surface area contributed by atoms with E-state index >= 15 is 0 Å². The topological polar surface area (TPSA) is 60.2 Å². The molecule has 4 aromatic rings. The number of para-hydroxylation sites is 2. The van der Waals surface area contributed by atoms with Gasteiger partial charge >= 0.3 is 0 Å². The number of amides is 1. The summed E-state index contributed by atoms with van der Waals surface area (Å²) in [5.74, 6) is 0.944. The van der Waals surface area contributed by atoms with E-state index in [1.165, 1.54) is 11.8 Å². The molecule has 7 heteroatoms. The molecule has 0 radical (unpaired) electrons. The van der Waals surface area contributed by atoms with E-state index in [0.29, 0.717) is 17.5 Å². The van der Waals surface area contributed by atoms with Gasteiger partial charge in [0.2, 0.25) is 5.91 Å². The van der Waals surface area contributed by atoms with Crippen molar-refractivity contribution >= 4 is 23.4 Å². The van der Waals surface area contributed by atoms with Gasteiger partial charge in [-0.05, 0) is 42.3 Å². The molecular formula is C25H24N4O2S. The van der Waals surface area contributed by atoms with E-state index in [9.17, 15) is 4.79 Å². The Morgan fingerprint density at radius 1 is 1.03 bits per heavy atom. The van der Waals surface area contributed by atoms with Crippen molar-refractivity contribution in [3.63, 3.8) is 0 Å². The van der Waals surface area contributed by atoms with Crippen LogP contribution in [0.15, 0.2) is 90.3 Å². The maximum atomic E-state index is 13.3. The first-order valence-corrected chi connectivity index (χ1v) is 11.2. The predicted octanol–water partition coefficient (Wildman–Crippen LogP) is 4.91. The summed E-state index contributed by atoms with van der Waals surface area (Å²) in [7, 11) is 1.63. The minimum Gasteiger partial charge on any atom is -0.495 e. The van der Waals surface area contributed by atoms with E-state index in [0.717, 1.165) is 22.5 Å². The zero-order valence-corrected chi connectivity index (χ0v) is 18.8. The Labute approximate surface area is 191 Å². The Hall–Kier alpha value is -3.58. The highest BCUT2D eigenvalue weighted by atomic mass is 32.2. The number of ether oxygens (including phenoxy) is 1. The van der Waals surface area contributed by atoms with E-state index in [1.54, 1.807) is 13.4 Å². The summed E-state index contributed by atoms with van der Waals surface area (Å²) < 4.78 is 7.30. The third-order valence-electron chi connectivity index (χ3n) is 4.98. The molecule has 0 atom stereocenters. The Balaban J connectivity index is 1.55. The van der Waals surface area contributed by atoms with Crippen LogP contribution in [-0.4, -0.2) is 33.5 Å². The van der Waals surface area contributed by atoms with Crippen LogP contribution in [0.1, 0.15) is 11.1 Å². The Morgan fingerprint density at radius 3 is 2.59 bits per heavy atom. The van der Waals surface area contributed by atoms with Crippen molar-refractivity contribution in [2.45, 2.75) is 18.6 Å². The van der Waals surface area contributed by atoms with Crippen molar-refractivity contribution in [3.05, 3.63) is 96.3 Å². The molecule has 1 aromatic heterocycles. The summed E-state index contributed by atoms with van der Waals surface area (Å²) in [6.45, 7) is 2.53. The molecule has 4 rings (SSSR count). The largest absolute Gasteiger partial charge is 0.495 e. The number of rotatable bonds is 8. The minimum atomic E-state index is -0.000898. The van der Waals surface area contributed by atoms with Gasteiger partial charge in [0.1, 0.15) is 12.1 Å². The van der Waals surface area contributed by atoms with Crippen molar-refractivity contribution in [3.8, 4) is 11.4 Å². The van der Waals surface area contributed by atoms with Crippen molar-refractivity contribution in [1.29, 1.82) is 0 Å². The molecule has 0 unspecified atom stereocenters. The van der Waals surface area contributed by atoms with Crippen LogP contribution in [0, 0.1) is 6.92 Å². The van der Waals surface area contributed by atoms with Crippen molar-refractivity contribution in [2.75, 3.05) is 17.8 Å². The molecule has 0 aliphatic rings. The van der Waals surface area contributed by atoms with Gasteiger partial charge in [-0.25, -0.2) is 0 Å². The number of thioether (sulfide) groups is 1. The zero-order valence-electron chi connectivity index (χ0n) is 18.0. The van der Waals surface area contributed by atoms with Gasteiger partial charge in [0.05, 0.1) is 25.1 Å². The van der Waals surface area contributed by atoms with Gasteiger partial charge in [-0.3, -0.25) is 9.36 Å². The maximum absolute atomic E-state index is 13.3. The molecule has 0 spiro atoms. The van der Waals surface area contributed by atoms with Gasteiger partial charge in [0, 0.05) is 5.69 Å². The maximum Gasteiger partial charge on any atom is 0.237 e. The average molecular weight is 445 g/mol. The van der Waals surface area contributed by atoms with Crippen LogP contribution in [0.3, 0.4) is 0 Å². The number of carbonyl (C=O) groups is 1. The van der Waals surface area contributed by atoms with Crippen molar-refractivity contribution < 1.29 is 9.53 Å². The highest BCUT2D eigenvalue weighted by Gasteiger charge is 2.19. The number of aryl methyl sites for hydroxylation is 1. The molecule has 0 aliphatic heterocycles. The molecule has 0 fully saturated rings. The number of benzene rings is 3. The molecule has 0 bridgehead atoms. The summed E-state index contributed by atoms with van der Waals surface area (Å²) in [6.07, 6.45) is 1.63. The SMILES string of the molecule is COc1ccccc1-n1cnnc1SCC(=O)N(Cc1ccccc1)c1cccc(C)c1. The smallest absolute Gasteiger partial charge is 0.237 e. The summed E-state index contributed by atoms with van der Waals surface area (Å²) in [5, 5.41) is 8.90. The predicted molar refractivity (Wildman–Crippen MR) is 127 cm³/mol. The summed E-state index contributed by atoms with van der Waals surface area (Å²) in [5.41, 5.74) is 3.89. The second-order valence-corrected chi connectivity index (χ2v) is 8.19. The molecule has 6 nitrogen and oxygen atoms in total. The van der Waals surface area contributed by atoms with Gasteiger partial charge < -0.3 is 9.64 Å². The quantitative estimate of drug-likeness (QED) is 0.362. The molecule has 32 heavy (non-hydrogen) atoms. The first-order valence-electron chi connectivity index (χ1n) is 10.2. The summed E-state index contributed by atoms with van der Waals surface area (Å²) >= 11 is 1.36. The van der Waals surface area contributed by atoms with Crippen LogP contribution in [0.25, 0.3) is 5.69 Å². The lowest BCUT2D eigenvalue weighted by Gasteiger charge is -2.23. The molecule has 1 heterocycles. The average Bonchev–Trinajstić information content (AvgIpc) is 3.30. The molecule has 0 N–H and O–H groups in total. The van der Waals surface area contributed by atoms with Gasteiger partial charge in [-0.1, -0.05) is 66.4 Å². The van der Waals surface area contributed by atoms with E-state index in [-0.39, 0.29) is 11.7 Å². The number of hydrogen-bond donors (Lipinski definition) is 0. The van der Waals surface area contributed by atoms with E-state index in [1.807, 2.05) is 95.3 Å². The molecule has 0 saturated heterocycles. The number of methoxy groups -OCH3 is 1. The first kappa shape index (κ1) is 21.6. The van der Waals surface area contributed by atoms with Crippen molar-refractivity contribution in [1.82, 2.24) is 14.8 Å².